The average Bonchev–Trinajstić information content (AvgIpc) is 2.79. The first-order valence-corrected chi connectivity index (χ1v) is 9.59. The summed E-state index contributed by atoms with van der Waals surface area (Å²) in [6.07, 6.45) is 1.50. The lowest BCUT2D eigenvalue weighted by molar-refractivity contribution is -0.0399. The molecule has 0 spiro atoms. The molecule has 0 amide bonds. The monoisotopic (exact) mass is 382 g/mol. The topological polar surface area (TPSA) is 55.4 Å². The molecule has 0 saturated carbocycles. The summed E-state index contributed by atoms with van der Waals surface area (Å²) in [5.74, 6) is 1.60. The summed E-state index contributed by atoms with van der Waals surface area (Å²) in [5, 5.41) is 0. The Labute approximate surface area is 166 Å². The van der Waals surface area contributed by atoms with Gasteiger partial charge in [0.2, 0.25) is 0 Å². The zero-order valence-corrected chi connectivity index (χ0v) is 16.2. The van der Waals surface area contributed by atoms with Crippen LogP contribution < -0.4 is 20.4 Å². The summed E-state index contributed by atoms with van der Waals surface area (Å²) in [5.41, 5.74) is 1.92. The van der Waals surface area contributed by atoms with Crippen molar-refractivity contribution < 1.29 is 28.1 Å². The molecule has 0 aromatic heterocycles. The molecule has 0 N–H and O–H groups in total. The second-order valence-electron chi connectivity index (χ2n) is 6.88. The third-order valence-electron chi connectivity index (χ3n) is 5.11. The molecule has 0 radical (unpaired) electrons. The molecule has 2 unspecified atom stereocenters. The molecule has 4 rings (SSSR count). The minimum atomic E-state index is -0.417. The molecule has 2 fully saturated rings. The van der Waals surface area contributed by atoms with Gasteiger partial charge in [0.1, 0.15) is 11.5 Å². The van der Waals surface area contributed by atoms with Gasteiger partial charge in [-0.3, -0.25) is 0 Å². The van der Waals surface area contributed by atoms with Crippen LogP contribution in [0.1, 0.15) is 12.8 Å². The predicted molar refractivity (Wildman–Crippen MR) is 108 cm³/mol. The first-order chi connectivity index (χ1) is 13.8. The van der Waals surface area contributed by atoms with Gasteiger partial charge in [-0.2, -0.15) is 0 Å². The highest BCUT2D eigenvalue weighted by Gasteiger charge is 2.39. The van der Waals surface area contributed by atoms with Crippen molar-refractivity contribution in [2.24, 2.45) is 0 Å². The van der Waals surface area contributed by atoms with E-state index in [1.165, 1.54) is 0 Å². The van der Waals surface area contributed by atoms with Crippen LogP contribution in [0.25, 0.3) is 0 Å². The number of ether oxygens (including phenoxy) is 2. The van der Waals surface area contributed by atoms with E-state index in [4.69, 9.17) is 28.1 Å². The van der Waals surface area contributed by atoms with Gasteiger partial charge in [0.05, 0.1) is 26.4 Å². The standard InChI is InChI=1S/C20H24B2O6/c1-23-17-8-6-15(7-9-17)21-25-12-10-19(27-21)20-11-13-26-22(28-20)16-4-3-5-18(14-16)24-2/h3-9,14,19-20H,10-13H2,1-2H3. The van der Waals surface area contributed by atoms with Gasteiger partial charge in [0.25, 0.3) is 0 Å². The third-order valence-corrected chi connectivity index (χ3v) is 5.11. The Morgan fingerprint density at radius 2 is 1.36 bits per heavy atom. The van der Waals surface area contributed by atoms with E-state index in [2.05, 4.69) is 0 Å². The number of hydrogen-bond donors (Lipinski definition) is 0. The SMILES string of the molecule is COc1ccc(B2OCCC(C3CCOB(c4cccc(OC)c4)O3)O2)cc1. The third kappa shape index (κ3) is 4.36. The van der Waals surface area contributed by atoms with Crippen LogP contribution in [0.3, 0.4) is 0 Å². The molecule has 0 aliphatic carbocycles. The molecule has 2 heterocycles. The number of benzene rings is 2. The Balaban J connectivity index is 1.42. The Morgan fingerprint density at radius 1 is 0.750 bits per heavy atom. The van der Waals surface area contributed by atoms with Crippen molar-refractivity contribution in [1.29, 1.82) is 0 Å². The van der Waals surface area contributed by atoms with Crippen molar-refractivity contribution in [2.75, 3.05) is 27.4 Å². The highest BCUT2D eigenvalue weighted by atomic mass is 16.6. The van der Waals surface area contributed by atoms with Crippen molar-refractivity contribution in [2.45, 2.75) is 25.0 Å². The van der Waals surface area contributed by atoms with Crippen LogP contribution in [-0.2, 0) is 18.6 Å². The number of rotatable bonds is 5. The lowest BCUT2D eigenvalue weighted by Gasteiger charge is -2.37. The second-order valence-corrected chi connectivity index (χ2v) is 6.88. The van der Waals surface area contributed by atoms with Gasteiger partial charge in [-0.25, -0.2) is 0 Å². The fourth-order valence-electron chi connectivity index (χ4n) is 3.56. The van der Waals surface area contributed by atoms with E-state index in [9.17, 15) is 0 Å². The van der Waals surface area contributed by atoms with Gasteiger partial charge < -0.3 is 28.1 Å². The molecule has 2 atom stereocenters. The van der Waals surface area contributed by atoms with E-state index in [-0.39, 0.29) is 12.2 Å². The zero-order valence-electron chi connectivity index (χ0n) is 16.2. The van der Waals surface area contributed by atoms with Crippen LogP contribution in [0.5, 0.6) is 11.5 Å². The molecule has 8 heteroatoms. The highest BCUT2D eigenvalue weighted by Crippen LogP contribution is 2.23. The summed E-state index contributed by atoms with van der Waals surface area (Å²) in [6.45, 7) is 1.26. The van der Waals surface area contributed by atoms with Crippen LogP contribution in [0.4, 0.5) is 0 Å². The Morgan fingerprint density at radius 3 is 1.96 bits per heavy atom. The van der Waals surface area contributed by atoms with E-state index in [1.54, 1.807) is 14.2 Å². The average molecular weight is 382 g/mol. The molecule has 2 aromatic carbocycles. The molecular weight excluding hydrogens is 358 g/mol. The fourth-order valence-corrected chi connectivity index (χ4v) is 3.56. The maximum absolute atomic E-state index is 6.25. The normalized spacial score (nSPS) is 22.8. The van der Waals surface area contributed by atoms with Crippen molar-refractivity contribution in [3.8, 4) is 11.5 Å². The molecule has 6 nitrogen and oxygen atoms in total. The smallest absolute Gasteiger partial charge is 0.494 e. The molecule has 2 aliphatic heterocycles. The molecule has 2 aromatic rings. The zero-order chi connectivity index (χ0) is 19.3. The van der Waals surface area contributed by atoms with E-state index < -0.39 is 14.2 Å². The largest absolute Gasteiger partial charge is 0.497 e. The van der Waals surface area contributed by atoms with Gasteiger partial charge in [-0.05, 0) is 48.0 Å². The van der Waals surface area contributed by atoms with E-state index in [1.807, 2.05) is 48.5 Å². The molecular formula is C20H24B2O6. The molecule has 146 valence electrons. The van der Waals surface area contributed by atoms with E-state index in [0.29, 0.717) is 13.2 Å². The summed E-state index contributed by atoms with van der Waals surface area (Å²) in [7, 11) is 2.49. The number of hydrogen-bond acceptors (Lipinski definition) is 6. The lowest BCUT2D eigenvalue weighted by atomic mass is 9.75. The van der Waals surface area contributed by atoms with Crippen LogP contribution >= 0.6 is 0 Å². The Bertz CT molecular complexity index is 772. The summed E-state index contributed by atoms with van der Waals surface area (Å²) in [6, 6.07) is 15.5. The van der Waals surface area contributed by atoms with Crippen molar-refractivity contribution >= 4 is 25.2 Å². The van der Waals surface area contributed by atoms with Gasteiger partial charge >= 0.3 is 14.2 Å². The lowest BCUT2D eigenvalue weighted by Crippen LogP contribution is -2.54. The minimum absolute atomic E-state index is 0.0436. The Hall–Kier alpha value is -1.99. The fraction of sp³-hybridized carbons (Fsp3) is 0.400. The summed E-state index contributed by atoms with van der Waals surface area (Å²) in [4.78, 5) is 0. The maximum atomic E-state index is 6.25. The van der Waals surface area contributed by atoms with Crippen LogP contribution in [0, 0.1) is 0 Å². The summed E-state index contributed by atoms with van der Waals surface area (Å²) >= 11 is 0. The molecule has 0 bridgehead atoms. The Kier molecular flexibility index (Phi) is 6.22. The van der Waals surface area contributed by atoms with Crippen molar-refractivity contribution in [3.63, 3.8) is 0 Å². The number of methoxy groups -OCH3 is 2. The first kappa shape index (κ1) is 19.3. The van der Waals surface area contributed by atoms with Crippen LogP contribution in [0.2, 0.25) is 0 Å². The van der Waals surface area contributed by atoms with E-state index in [0.717, 1.165) is 35.3 Å². The molecule has 2 saturated heterocycles. The highest BCUT2D eigenvalue weighted by molar-refractivity contribution is 6.62. The molecule has 2 aliphatic rings. The van der Waals surface area contributed by atoms with Crippen LogP contribution in [0.15, 0.2) is 48.5 Å². The van der Waals surface area contributed by atoms with E-state index >= 15 is 0 Å². The van der Waals surface area contributed by atoms with Gasteiger partial charge in [-0.15, -0.1) is 0 Å². The quantitative estimate of drug-likeness (QED) is 0.730. The minimum Gasteiger partial charge on any atom is -0.497 e. The predicted octanol–water partition coefficient (Wildman–Crippen LogP) is 1.41. The van der Waals surface area contributed by atoms with Crippen molar-refractivity contribution in [1.82, 2.24) is 0 Å². The maximum Gasteiger partial charge on any atom is 0.494 e. The van der Waals surface area contributed by atoms with Gasteiger partial charge in [0.15, 0.2) is 0 Å². The molecule has 28 heavy (non-hydrogen) atoms. The van der Waals surface area contributed by atoms with Gasteiger partial charge in [-0.1, -0.05) is 24.3 Å². The van der Waals surface area contributed by atoms with Gasteiger partial charge in [0, 0.05) is 13.2 Å². The summed E-state index contributed by atoms with van der Waals surface area (Å²) < 4.78 is 34.7. The van der Waals surface area contributed by atoms with Crippen LogP contribution in [-0.4, -0.2) is 53.9 Å². The second kappa shape index (κ2) is 9.01. The first-order valence-electron chi connectivity index (χ1n) is 9.59. The van der Waals surface area contributed by atoms with Crippen molar-refractivity contribution in [3.05, 3.63) is 48.5 Å².